The van der Waals surface area contributed by atoms with Gasteiger partial charge in [0.05, 0.1) is 14.2 Å². The third-order valence-electron chi connectivity index (χ3n) is 3.96. The highest BCUT2D eigenvalue weighted by molar-refractivity contribution is 9.11. The van der Waals surface area contributed by atoms with Crippen molar-refractivity contribution in [3.05, 3.63) is 56.4 Å². The standard InChI is InChI=1S/C17H16BrFN2O2S/c18-15-7-6-14(24-15)17(23)21-9-3-8-20(10-11-21)16(22)12-4-1-2-5-13(12)19/h1-2,4-7H,3,8-11H2. The number of rotatable bonds is 2. The molecule has 126 valence electrons. The average molecular weight is 411 g/mol. The van der Waals surface area contributed by atoms with Gasteiger partial charge in [0.1, 0.15) is 5.82 Å². The molecule has 1 aliphatic rings. The molecule has 2 aromatic rings. The van der Waals surface area contributed by atoms with Crippen LogP contribution in [0.1, 0.15) is 26.5 Å². The molecule has 0 radical (unpaired) electrons. The van der Waals surface area contributed by atoms with Gasteiger partial charge in [0.2, 0.25) is 0 Å². The van der Waals surface area contributed by atoms with Gasteiger partial charge >= 0.3 is 0 Å². The summed E-state index contributed by atoms with van der Waals surface area (Å²) in [6.45, 7) is 1.97. The topological polar surface area (TPSA) is 40.6 Å². The fourth-order valence-corrected chi connectivity index (χ4v) is 4.07. The molecule has 0 aliphatic carbocycles. The summed E-state index contributed by atoms with van der Waals surface area (Å²) in [4.78, 5) is 29.1. The van der Waals surface area contributed by atoms with Gasteiger partial charge in [-0.3, -0.25) is 9.59 Å². The molecule has 1 aromatic carbocycles. The molecule has 0 bridgehead atoms. The summed E-state index contributed by atoms with van der Waals surface area (Å²) in [5.41, 5.74) is 0.0828. The Morgan fingerprint density at radius 3 is 2.25 bits per heavy atom. The summed E-state index contributed by atoms with van der Waals surface area (Å²) in [6, 6.07) is 9.64. The summed E-state index contributed by atoms with van der Waals surface area (Å²) in [7, 11) is 0. The van der Waals surface area contributed by atoms with Gasteiger partial charge in [0.25, 0.3) is 11.8 Å². The highest BCUT2D eigenvalue weighted by atomic mass is 79.9. The van der Waals surface area contributed by atoms with Crippen LogP contribution in [0.2, 0.25) is 0 Å². The first kappa shape index (κ1) is 17.1. The van der Waals surface area contributed by atoms with Gasteiger partial charge in [-0.25, -0.2) is 4.39 Å². The smallest absolute Gasteiger partial charge is 0.264 e. The minimum absolute atomic E-state index is 0.0223. The number of amides is 2. The van der Waals surface area contributed by atoms with Crippen LogP contribution in [-0.2, 0) is 0 Å². The van der Waals surface area contributed by atoms with E-state index in [1.54, 1.807) is 28.0 Å². The molecule has 0 spiro atoms. The molecule has 1 saturated heterocycles. The zero-order valence-corrected chi connectivity index (χ0v) is 15.3. The van der Waals surface area contributed by atoms with E-state index < -0.39 is 5.82 Å². The van der Waals surface area contributed by atoms with E-state index in [4.69, 9.17) is 0 Å². The Labute approximate surface area is 152 Å². The molecule has 7 heteroatoms. The maximum atomic E-state index is 13.8. The second-order valence-corrected chi connectivity index (χ2v) is 7.98. The number of carbonyl (C=O) groups excluding carboxylic acids is 2. The quantitative estimate of drug-likeness (QED) is 0.757. The highest BCUT2D eigenvalue weighted by Gasteiger charge is 2.25. The van der Waals surface area contributed by atoms with E-state index in [1.165, 1.54) is 23.5 Å². The van der Waals surface area contributed by atoms with Crippen LogP contribution in [0.5, 0.6) is 0 Å². The van der Waals surface area contributed by atoms with Crippen molar-refractivity contribution in [2.45, 2.75) is 6.42 Å². The lowest BCUT2D eigenvalue weighted by Crippen LogP contribution is -2.37. The van der Waals surface area contributed by atoms with Crippen molar-refractivity contribution in [3.63, 3.8) is 0 Å². The molecule has 24 heavy (non-hydrogen) atoms. The molecule has 1 fully saturated rings. The molecule has 3 rings (SSSR count). The molecule has 2 amide bonds. The number of thiophene rings is 1. The molecule has 1 aliphatic heterocycles. The zero-order chi connectivity index (χ0) is 17.1. The minimum Gasteiger partial charge on any atom is -0.337 e. The monoisotopic (exact) mass is 410 g/mol. The van der Waals surface area contributed by atoms with Crippen LogP contribution in [0.15, 0.2) is 40.2 Å². The van der Waals surface area contributed by atoms with Crippen molar-refractivity contribution in [2.75, 3.05) is 26.2 Å². The van der Waals surface area contributed by atoms with Crippen molar-refractivity contribution in [1.82, 2.24) is 9.80 Å². The van der Waals surface area contributed by atoms with Gasteiger partial charge in [0.15, 0.2) is 0 Å². The predicted molar refractivity (Wildman–Crippen MR) is 94.8 cm³/mol. The number of benzene rings is 1. The number of halogens is 2. The second kappa shape index (κ2) is 7.44. The maximum Gasteiger partial charge on any atom is 0.264 e. The predicted octanol–water partition coefficient (Wildman–Crippen LogP) is 3.64. The summed E-state index contributed by atoms with van der Waals surface area (Å²) < 4.78 is 14.7. The molecule has 1 aromatic heterocycles. The lowest BCUT2D eigenvalue weighted by Gasteiger charge is -2.22. The van der Waals surface area contributed by atoms with E-state index in [-0.39, 0.29) is 17.4 Å². The molecule has 4 nitrogen and oxygen atoms in total. The molecule has 2 heterocycles. The van der Waals surface area contributed by atoms with Gasteiger partial charge in [-0.05, 0) is 46.6 Å². The van der Waals surface area contributed by atoms with E-state index in [0.29, 0.717) is 37.5 Å². The first-order valence-corrected chi connectivity index (χ1v) is 9.25. The number of hydrogen-bond donors (Lipinski definition) is 0. The molecular weight excluding hydrogens is 395 g/mol. The molecule has 0 N–H and O–H groups in total. The molecular formula is C17H16BrFN2O2S. The van der Waals surface area contributed by atoms with Gasteiger partial charge < -0.3 is 9.80 Å². The van der Waals surface area contributed by atoms with E-state index in [2.05, 4.69) is 15.9 Å². The van der Waals surface area contributed by atoms with Crippen molar-refractivity contribution in [1.29, 1.82) is 0 Å². The van der Waals surface area contributed by atoms with Crippen molar-refractivity contribution in [2.24, 2.45) is 0 Å². The van der Waals surface area contributed by atoms with Gasteiger partial charge in [-0.2, -0.15) is 0 Å². The lowest BCUT2D eigenvalue weighted by atomic mass is 10.2. The van der Waals surface area contributed by atoms with Crippen LogP contribution in [0.25, 0.3) is 0 Å². The first-order valence-electron chi connectivity index (χ1n) is 7.64. The Morgan fingerprint density at radius 2 is 1.62 bits per heavy atom. The summed E-state index contributed by atoms with van der Waals surface area (Å²) in [6.07, 6.45) is 0.679. The van der Waals surface area contributed by atoms with E-state index >= 15 is 0 Å². The normalized spacial score (nSPS) is 15.2. The SMILES string of the molecule is O=C(c1ccc(Br)s1)N1CCCN(C(=O)c2ccccc2F)CC1. The summed E-state index contributed by atoms with van der Waals surface area (Å²) in [5, 5.41) is 0. The fourth-order valence-electron chi connectivity index (χ4n) is 2.71. The van der Waals surface area contributed by atoms with E-state index in [0.717, 1.165) is 3.79 Å². The summed E-state index contributed by atoms with van der Waals surface area (Å²) in [5.74, 6) is -0.852. The third-order valence-corrected chi connectivity index (χ3v) is 5.57. The average Bonchev–Trinajstić information content (AvgIpc) is 2.87. The molecule has 0 unspecified atom stereocenters. The van der Waals surface area contributed by atoms with Gasteiger partial charge in [-0.1, -0.05) is 12.1 Å². The Balaban J connectivity index is 1.68. The van der Waals surface area contributed by atoms with Crippen molar-refractivity contribution in [3.8, 4) is 0 Å². The second-order valence-electron chi connectivity index (χ2n) is 5.52. The van der Waals surface area contributed by atoms with Crippen LogP contribution in [0.3, 0.4) is 0 Å². The number of hydrogen-bond acceptors (Lipinski definition) is 3. The van der Waals surface area contributed by atoms with Crippen LogP contribution >= 0.6 is 27.3 Å². The Hall–Kier alpha value is -1.73. The minimum atomic E-state index is -0.511. The molecule has 0 saturated carbocycles. The van der Waals surface area contributed by atoms with E-state index in [9.17, 15) is 14.0 Å². The van der Waals surface area contributed by atoms with Gasteiger partial charge in [0, 0.05) is 26.2 Å². The number of carbonyl (C=O) groups is 2. The Bertz CT molecular complexity index is 765. The number of nitrogens with zero attached hydrogens (tertiary/aromatic N) is 2. The Kier molecular flexibility index (Phi) is 5.30. The summed E-state index contributed by atoms with van der Waals surface area (Å²) >= 11 is 4.76. The highest BCUT2D eigenvalue weighted by Crippen LogP contribution is 2.24. The zero-order valence-electron chi connectivity index (χ0n) is 12.9. The Morgan fingerprint density at radius 1 is 0.958 bits per heavy atom. The third kappa shape index (κ3) is 3.67. The van der Waals surface area contributed by atoms with Crippen LogP contribution in [0.4, 0.5) is 4.39 Å². The molecule has 0 atom stereocenters. The van der Waals surface area contributed by atoms with E-state index in [1.807, 2.05) is 6.07 Å². The van der Waals surface area contributed by atoms with Crippen molar-refractivity contribution >= 4 is 39.1 Å². The largest absolute Gasteiger partial charge is 0.337 e. The van der Waals surface area contributed by atoms with Crippen LogP contribution < -0.4 is 0 Å². The first-order chi connectivity index (χ1) is 11.6. The van der Waals surface area contributed by atoms with Gasteiger partial charge in [-0.15, -0.1) is 11.3 Å². The van der Waals surface area contributed by atoms with Crippen molar-refractivity contribution < 1.29 is 14.0 Å². The van der Waals surface area contributed by atoms with Crippen LogP contribution in [-0.4, -0.2) is 47.8 Å². The fraction of sp³-hybridized carbons (Fsp3) is 0.294. The van der Waals surface area contributed by atoms with Crippen LogP contribution in [0, 0.1) is 5.82 Å². The maximum absolute atomic E-state index is 13.8. The lowest BCUT2D eigenvalue weighted by molar-refractivity contribution is 0.0718.